The number of alkyl halides is 15. The van der Waals surface area contributed by atoms with Crippen molar-refractivity contribution in [3.63, 3.8) is 0 Å². The average Bonchev–Trinajstić information content (AvgIpc) is 3.66. The third kappa shape index (κ3) is 6.96. The summed E-state index contributed by atoms with van der Waals surface area (Å²) < 4.78 is 293. The zero-order chi connectivity index (χ0) is 49.6. The van der Waals surface area contributed by atoms with Gasteiger partial charge in [-0.25, -0.2) is 22.0 Å². The van der Waals surface area contributed by atoms with Crippen molar-refractivity contribution < 1.29 is 87.8 Å². The van der Waals surface area contributed by atoms with E-state index in [1.165, 1.54) is 0 Å². The van der Waals surface area contributed by atoms with Gasteiger partial charge in [0, 0.05) is 50.1 Å². The second-order valence-corrected chi connectivity index (χ2v) is 12.6. The quantitative estimate of drug-likeness (QED) is 0.140. The Morgan fingerprint density at radius 1 is 0.354 bits per heavy atom. The minimum atomic E-state index is -6.83. The van der Waals surface area contributed by atoms with E-state index in [0.29, 0.717) is 0 Å². The normalized spacial score (nSPS) is 13.9. The molecule has 0 fully saturated rings. The molecule has 7 nitrogen and oxygen atoms in total. The second-order valence-electron chi connectivity index (χ2n) is 12.6. The van der Waals surface area contributed by atoms with Crippen LogP contribution in [-0.2, 0) is 30.9 Å². The number of rotatable bonds is 2. The van der Waals surface area contributed by atoms with Crippen molar-refractivity contribution in [1.29, 1.82) is 36.8 Å². The monoisotopic (exact) mass is 935 g/mol. The van der Waals surface area contributed by atoms with Crippen molar-refractivity contribution in [2.45, 2.75) is 30.9 Å². The summed E-state index contributed by atoms with van der Waals surface area (Å²) >= 11 is 0. The van der Waals surface area contributed by atoms with Gasteiger partial charge in [-0.05, 0) is 11.6 Å². The highest BCUT2D eigenvalue weighted by Crippen LogP contribution is 2.61. The maximum atomic E-state index is 15.5. The van der Waals surface area contributed by atoms with Gasteiger partial charge < -0.3 is 0 Å². The largest absolute Gasteiger partial charge is 0.422 e. The molecule has 0 aliphatic heterocycles. The Kier molecular flexibility index (Phi) is 11.1. The zero-order valence-corrected chi connectivity index (χ0v) is 29.8. The maximum absolute atomic E-state index is 15.5. The van der Waals surface area contributed by atoms with Crippen LogP contribution in [0.2, 0.25) is 0 Å². The van der Waals surface area contributed by atoms with Gasteiger partial charge in [0.25, 0.3) is 0 Å². The van der Waals surface area contributed by atoms with Gasteiger partial charge in [0.05, 0.1) is 16.7 Å². The Hall–Kier alpha value is -8.35. The second kappa shape index (κ2) is 15.2. The SMILES string of the molecule is N#CC(C#N)=C1C(c2c(C(F)(F)F)c(F)c(F)c(F)c2C(F)(F)F)=C(C#N)c2c1cc1c(c2C#N)C(=C(C#N)C#N)C(c2c(C(F)(F)F)c(F)c(C(F)(F)F)c(F)c2C(F)(F)F)=C1C#N. The predicted octanol–water partition coefficient (Wildman–Crippen LogP) is 11.8. The van der Waals surface area contributed by atoms with Crippen LogP contribution in [0.3, 0.4) is 0 Å². The number of nitrogens with zero attached hydrogens (tertiary/aromatic N) is 7. The summed E-state index contributed by atoms with van der Waals surface area (Å²) in [4.78, 5) is 0. The van der Waals surface area contributed by atoms with Crippen LogP contribution in [0.5, 0.6) is 0 Å². The Labute approximate surface area is 344 Å². The van der Waals surface area contributed by atoms with Crippen LogP contribution in [0.1, 0.15) is 66.8 Å². The van der Waals surface area contributed by atoms with E-state index in [9.17, 15) is 107 Å². The van der Waals surface area contributed by atoms with Gasteiger partial charge in [-0.3, -0.25) is 0 Å². The molecular weight excluding hydrogens is 934 g/mol. The number of benzene rings is 3. The molecule has 0 aromatic heterocycles. The molecule has 0 saturated carbocycles. The number of halogens is 20. The molecule has 3 aromatic carbocycles. The molecule has 0 unspecified atom stereocenters. The topological polar surface area (TPSA) is 167 Å². The number of allylic oxidation sites excluding steroid dienone is 8. The van der Waals surface area contributed by atoms with Gasteiger partial charge in [0.2, 0.25) is 0 Å². The summed E-state index contributed by atoms with van der Waals surface area (Å²) in [6.45, 7) is 0. The van der Waals surface area contributed by atoms with Crippen molar-refractivity contribution in [2.24, 2.45) is 0 Å². The Balaban J connectivity index is 2.24. The highest BCUT2D eigenvalue weighted by Gasteiger charge is 2.56. The maximum Gasteiger partial charge on any atom is 0.422 e. The van der Waals surface area contributed by atoms with Gasteiger partial charge >= 0.3 is 30.9 Å². The molecule has 0 N–H and O–H groups in total. The molecule has 3 aromatic rings. The fourth-order valence-electron chi connectivity index (χ4n) is 7.15. The highest BCUT2D eigenvalue weighted by molar-refractivity contribution is 6.31. The number of nitriles is 7. The van der Waals surface area contributed by atoms with Gasteiger partial charge in [-0.2, -0.15) is 103 Å². The Morgan fingerprint density at radius 2 is 0.692 bits per heavy atom. The summed E-state index contributed by atoms with van der Waals surface area (Å²) in [7, 11) is 0. The summed E-state index contributed by atoms with van der Waals surface area (Å²) in [5, 5.41) is 70.4. The molecule has 0 saturated heterocycles. The molecule has 0 spiro atoms. The third-order valence-corrected chi connectivity index (χ3v) is 9.27. The van der Waals surface area contributed by atoms with Crippen LogP contribution in [0.4, 0.5) is 87.8 Å². The molecule has 2 aliphatic carbocycles. The summed E-state index contributed by atoms with van der Waals surface area (Å²) in [5.41, 5.74) is -48.3. The fraction of sp³-hybridized carbons (Fsp3) is 0.132. The number of hydrogen-bond donors (Lipinski definition) is 0. The first kappa shape index (κ1) is 47.7. The first-order chi connectivity index (χ1) is 29.8. The van der Waals surface area contributed by atoms with Gasteiger partial charge in [-0.15, -0.1) is 0 Å². The standard InChI is InChI=1S/C38HF20N7/c39-29-24(34(44,45)46)22(25(35(47,48)49)30(40)28(29)38(56,57)58)20-13(6-63)11-1-12-16(9(2-59)3-60)21(15(8-65)18(12)14(7-64)19(11)17(20)10(4-61)5-62)23-26(36(50,51)52)31(41)33(43)32(42)27(23)37(53,54)55/h1H. The van der Waals surface area contributed by atoms with Crippen LogP contribution in [0, 0.1) is 108 Å². The molecular formula is C38HF20N7. The molecule has 0 radical (unpaired) electrons. The van der Waals surface area contributed by atoms with E-state index in [0.717, 1.165) is 42.5 Å². The van der Waals surface area contributed by atoms with Gasteiger partial charge in [0.15, 0.2) is 29.1 Å². The van der Waals surface area contributed by atoms with Crippen LogP contribution >= 0.6 is 0 Å². The van der Waals surface area contributed by atoms with E-state index in [4.69, 9.17) is 0 Å². The third-order valence-electron chi connectivity index (χ3n) is 9.27. The van der Waals surface area contributed by atoms with E-state index in [-0.39, 0.29) is 6.07 Å². The summed E-state index contributed by atoms with van der Waals surface area (Å²) in [5.74, 6) is -18.1. The molecule has 328 valence electrons. The van der Waals surface area contributed by atoms with Gasteiger partial charge in [0.1, 0.15) is 81.4 Å². The molecule has 0 heterocycles. The molecule has 27 heteroatoms. The van der Waals surface area contributed by atoms with Crippen LogP contribution in [0.25, 0.3) is 33.4 Å². The molecule has 0 amide bonds. The van der Waals surface area contributed by atoms with E-state index in [1.54, 1.807) is 0 Å². The highest BCUT2D eigenvalue weighted by atomic mass is 19.4. The van der Waals surface area contributed by atoms with E-state index in [1.807, 2.05) is 0 Å². The lowest BCUT2D eigenvalue weighted by Gasteiger charge is -2.25. The van der Waals surface area contributed by atoms with Crippen molar-refractivity contribution in [1.82, 2.24) is 0 Å². The summed E-state index contributed by atoms with van der Waals surface area (Å²) in [6.07, 6.45) is -33.6. The van der Waals surface area contributed by atoms with E-state index < -0.39 is 171 Å². The zero-order valence-electron chi connectivity index (χ0n) is 29.8. The minimum Gasteiger partial charge on any atom is -0.206 e. The molecule has 2 aliphatic rings. The lowest BCUT2D eigenvalue weighted by molar-refractivity contribution is -0.156. The average molecular weight is 935 g/mol. The lowest BCUT2D eigenvalue weighted by atomic mass is 9.83. The van der Waals surface area contributed by atoms with E-state index >= 15 is 17.6 Å². The van der Waals surface area contributed by atoms with Crippen LogP contribution in [-0.4, -0.2) is 0 Å². The minimum absolute atomic E-state index is 0.0358. The lowest BCUT2D eigenvalue weighted by Crippen LogP contribution is -2.26. The molecule has 0 bridgehead atoms. The number of fused-ring (bicyclic) bond motifs is 2. The molecule has 0 atom stereocenters. The first-order valence-corrected chi connectivity index (χ1v) is 15.9. The smallest absolute Gasteiger partial charge is 0.206 e. The Morgan fingerprint density at radius 3 is 1.02 bits per heavy atom. The summed E-state index contributed by atoms with van der Waals surface area (Å²) in [6, 6.07) is 6.20. The van der Waals surface area contributed by atoms with Crippen molar-refractivity contribution in [3.8, 4) is 42.5 Å². The molecule has 5 rings (SSSR count). The first-order valence-electron chi connectivity index (χ1n) is 15.9. The van der Waals surface area contributed by atoms with Crippen LogP contribution in [0.15, 0.2) is 17.2 Å². The molecule has 65 heavy (non-hydrogen) atoms. The predicted molar refractivity (Wildman–Crippen MR) is 170 cm³/mol. The van der Waals surface area contributed by atoms with Gasteiger partial charge in [-0.1, -0.05) is 0 Å². The van der Waals surface area contributed by atoms with Crippen molar-refractivity contribution >= 4 is 33.4 Å². The van der Waals surface area contributed by atoms with Crippen LogP contribution < -0.4 is 0 Å². The Bertz CT molecular complexity index is 3080. The number of hydrogen-bond acceptors (Lipinski definition) is 7. The van der Waals surface area contributed by atoms with Crippen molar-refractivity contribution in [3.05, 3.63) is 113 Å². The fourth-order valence-corrected chi connectivity index (χ4v) is 7.15. The van der Waals surface area contributed by atoms with Crippen molar-refractivity contribution in [2.75, 3.05) is 0 Å². The van der Waals surface area contributed by atoms with E-state index in [2.05, 4.69) is 0 Å².